The summed E-state index contributed by atoms with van der Waals surface area (Å²) in [6.07, 6.45) is 4.68. The van der Waals surface area contributed by atoms with Gasteiger partial charge >= 0.3 is 0 Å². The van der Waals surface area contributed by atoms with Gasteiger partial charge in [0.15, 0.2) is 0 Å². The van der Waals surface area contributed by atoms with Crippen molar-refractivity contribution in [3.05, 3.63) is 23.8 Å². The van der Waals surface area contributed by atoms with E-state index in [9.17, 15) is 0 Å². The highest BCUT2D eigenvalue weighted by Crippen LogP contribution is 2.20. The summed E-state index contributed by atoms with van der Waals surface area (Å²) in [7, 11) is 0. The normalized spacial score (nSPS) is 18.9. The van der Waals surface area contributed by atoms with Crippen LogP contribution in [0.5, 0.6) is 0 Å². The zero-order chi connectivity index (χ0) is 10.8. The van der Waals surface area contributed by atoms with Gasteiger partial charge in [-0.05, 0) is 12.8 Å². The molecule has 0 radical (unpaired) electrons. The van der Waals surface area contributed by atoms with E-state index in [2.05, 4.69) is 35.6 Å². The Labute approximate surface area is 91.5 Å². The van der Waals surface area contributed by atoms with E-state index < -0.39 is 0 Å². The van der Waals surface area contributed by atoms with Crippen LogP contribution in [0.2, 0.25) is 0 Å². The van der Waals surface area contributed by atoms with Crippen LogP contribution in [0.25, 0.3) is 0 Å². The van der Waals surface area contributed by atoms with E-state index in [1.54, 1.807) is 6.33 Å². The van der Waals surface area contributed by atoms with Gasteiger partial charge in [-0.3, -0.25) is 4.90 Å². The minimum absolute atomic E-state index is 0.637. The first kappa shape index (κ1) is 10.6. The Balaban J connectivity index is 2.12. The van der Waals surface area contributed by atoms with Crippen LogP contribution in [0.3, 0.4) is 0 Å². The van der Waals surface area contributed by atoms with Gasteiger partial charge in [0.2, 0.25) is 0 Å². The number of hydrogen-bond donors (Lipinski definition) is 0. The quantitative estimate of drug-likeness (QED) is 0.738. The van der Waals surface area contributed by atoms with Crippen LogP contribution in [0.4, 0.5) is 0 Å². The Morgan fingerprint density at radius 2 is 2.13 bits per heavy atom. The van der Waals surface area contributed by atoms with E-state index in [0.717, 1.165) is 19.5 Å². The second kappa shape index (κ2) is 4.27. The lowest BCUT2D eigenvalue weighted by Crippen LogP contribution is -2.40. The molecule has 1 aromatic heterocycles. The second-order valence-electron chi connectivity index (χ2n) is 4.70. The standard InChI is InChI=1S/C12H19N3/c1-9(2)10(3)15-5-4-12-11(7-15)6-13-8-14-12/h6,8-10H,4-5,7H2,1-3H3. The molecule has 0 spiro atoms. The molecule has 0 aliphatic carbocycles. The number of nitrogens with zero attached hydrogens (tertiary/aromatic N) is 3. The fourth-order valence-electron chi connectivity index (χ4n) is 2.06. The van der Waals surface area contributed by atoms with Gasteiger partial charge < -0.3 is 0 Å². The molecule has 15 heavy (non-hydrogen) atoms. The van der Waals surface area contributed by atoms with Gasteiger partial charge in [0.25, 0.3) is 0 Å². The molecule has 3 nitrogen and oxygen atoms in total. The zero-order valence-corrected chi connectivity index (χ0v) is 9.77. The van der Waals surface area contributed by atoms with Crippen LogP contribution in [0.1, 0.15) is 32.0 Å². The topological polar surface area (TPSA) is 29.0 Å². The zero-order valence-electron chi connectivity index (χ0n) is 9.77. The summed E-state index contributed by atoms with van der Waals surface area (Å²) in [4.78, 5) is 10.9. The molecule has 1 aliphatic rings. The van der Waals surface area contributed by atoms with E-state index in [-0.39, 0.29) is 0 Å². The molecule has 1 atom stereocenters. The third-order valence-electron chi connectivity index (χ3n) is 3.43. The molecule has 0 bridgehead atoms. The van der Waals surface area contributed by atoms with Crippen molar-refractivity contribution in [1.29, 1.82) is 0 Å². The molecule has 0 fully saturated rings. The summed E-state index contributed by atoms with van der Waals surface area (Å²) in [5.41, 5.74) is 2.54. The summed E-state index contributed by atoms with van der Waals surface area (Å²) in [6, 6.07) is 0.637. The third-order valence-corrected chi connectivity index (χ3v) is 3.43. The smallest absolute Gasteiger partial charge is 0.115 e. The van der Waals surface area contributed by atoms with E-state index in [1.165, 1.54) is 11.3 Å². The van der Waals surface area contributed by atoms with Crippen molar-refractivity contribution < 1.29 is 0 Å². The summed E-state index contributed by atoms with van der Waals surface area (Å²) < 4.78 is 0. The molecule has 0 N–H and O–H groups in total. The van der Waals surface area contributed by atoms with Crippen molar-refractivity contribution in [2.45, 2.75) is 39.8 Å². The number of rotatable bonds is 2. The maximum atomic E-state index is 4.32. The maximum Gasteiger partial charge on any atom is 0.115 e. The van der Waals surface area contributed by atoms with Crippen molar-refractivity contribution in [1.82, 2.24) is 14.9 Å². The largest absolute Gasteiger partial charge is 0.296 e. The minimum atomic E-state index is 0.637. The first-order valence-corrected chi connectivity index (χ1v) is 5.70. The third kappa shape index (κ3) is 2.17. The minimum Gasteiger partial charge on any atom is -0.296 e. The van der Waals surface area contributed by atoms with Gasteiger partial charge in [-0.15, -0.1) is 0 Å². The molecule has 3 heteroatoms. The monoisotopic (exact) mass is 205 g/mol. The van der Waals surface area contributed by atoms with Crippen LogP contribution in [-0.4, -0.2) is 27.5 Å². The predicted molar refractivity (Wildman–Crippen MR) is 60.4 cm³/mol. The van der Waals surface area contributed by atoms with Gasteiger partial charge in [-0.25, -0.2) is 9.97 Å². The second-order valence-corrected chi connectivity index (χ2v) is 4.70. The van der Waals surface area contributed by atoms with Crippen molar-refractivity contribution >= 4 is 0 Å². The fourth-order valence-corrected chi connectivity index (χ4v) is 2.06. The Kier molecular flexibility index (Phi) is 3.00. The van der Waals surface area contributed by atoms with Gasteiger partial charge in [-0.2, -0.15) is 0 Å². The van der Waals surface area contributed by atoms with Crippen molar-refractivity contribution in [2.24, 2.45) is 5.92 Å². The van der Waals surface area contributed by atoms with E-state index in [4.69, 9.17) is 0 Å². The van der Waals surface area contributed by atoms with Gasteiger partial charge in [-0.1, -0.05) is 13.8 Å². The molecular formula is C12H19N3. The summed E-state index contributed by atoms with van der Waals surface area (Å²) >= 11 is 0. The van der Waals surface area contributed by atoms with E-state index >= 15 is 0 Å². The number of aromatic nitrogens is 2. The molecule has 1 aliphatic heterocycles. The molecule has 2 rings (SSSR count). The van der Waals surface area contributed by atoms with Crippen molar-refractivity contribution in [3.63, 3.8) is 0 Å². The molecule has 1 unspecified atom stereocenters. The highest BCUT2D eigenvalue weighted by Gasteiger charge is 2.22. The Hall–Kier alpha value is -0.960. The first-order valence-electron chi connectivity index (χ1n) is 5.70. The van der Waals surface area contributed by atoms with E-state index in [1.807, 2.05) is 6.20 Å². The summed E-state index contributed by atoms with van der Waals surface area (Å²) in [6.45, 7) is 9.00. The van der Waals surface area contributed by atoms with Crippen LogP contribution in [0.15, 0.2) is 12.5 Å². The highest BCUT2D eigenvalue weighted by atomic mass is 15.2. The Morgan fingerprint density at radius 3 is 2.87 bits per heavy atom. The van der Waals surface area contributed by atoms with Crippen molar-refractivity contribution in [3.8, 4) is 0 Å². The van der Waals surface area contributed by atoms with Crippen LogP contribution in [0, 0.1) is 5.92 Å². The Bertz CT molecular complexity index is 335. The highest BCUT2D eigenvalue weighted by molar-refractivity contribution is 5.18. The average molecular weight is 205 g/mol. The number of fused-ring (bicyclic) bond motifs is 1. The van der Waals surface area contributed by atoms with Crippen LogP contribution >= 0.6 is 0 Å². The molecule has 0 saturated carbocycles. The number of hydrogen-bond acceptors (Lipinski definition) is 3. The molecule has 82 valence electrons. The summed E-state index contributed by atoms with van der Waals surface area (Å²) in [5, 5.41) is 0. The van der Waals surface area contributed by atoms with Gasteiger partial charge in [0, 0.05) is 43.0 Å². The first-order chi connectivity index (χ1) is 7.18. The fraction of sp³-hybridized carbons (Fsp3) is 0.667. The lowest BCUT2D eigenvalue weighted by Gasteiger charge is -2.35. The van der Waals surface area contributed by atoms with Gasteiger partial charge in [0.1, 0.15) is 6.33 Å². The van der Waals surface area contributed by atoms with Crippen LogP contribution in [-0.2, 0) is 13.0 Å². The molecular weight excluding hydrogens is 186 g/mol. The van der Waals surface area contributed by atoms with Crippen LogP contribution < -0.4 is 0 Å². The molecule has 1 aromatic rings. The van der Waals surface area contributed by atoms with E-state index in [0.29, 0.717) is 12.0 Å². The average Bonchev–Trinajstić information content (AvgIpc) is 2.27. The lowest BCUT2D eigenvalue weighted by atomic mass is 10.00. The summed E-state index contributed by atoms with van der Waals surface area (Å²) in [5.74, 6) is 0.705. The lowest BCUT2D eigenvalue weighted by molar-refractivity contribution is 0.151. The Morgan fingerprint density at radius 1 is 1.33 bits per heavy atom. The molecule has 0 amide bonds. The molecule has 0 saturated heterocycles. The predicted octanol–water partition coefficient (Wildman–Crippen LogP) is 1.88. The SMILES string of the molecule is CC(C)C(C)N1CCc2ncncc2C1. The van der Waals surface area contributed by atoms with Crippen molar-refractivity contribution in [2.75, 3.05) is 6.54 Å². The molecule has 2 heterocycles. The molecule has 0 aromatic carbocycles. The maximum absolute atomic E-state index is 4.32. The van der Waals surface area contributed by atoms with Gasteiger partial charge in [0.05, 0.1) is 0 Å².